The minimum atomic E-state index is -1.26. The van der Waals surface area contributed by atoms with Crippen LogP contribution in [0.15, 0.2) is 83.9 Å². The van der Waals surface area contributed by atoms with Crippen LogP contribution < -0.4 is 15.4 Å². The van der Waals surface area contributed by atoms with Gasteiger partial charge in [-0.1, -0.05) is 67.6 Å². The zero-order chi connectivity index (χ0) is 27.6. The Hall–Kier alpha value is -4.79. The van der Waals surface area contributed by atoms with E-state index in [1.807, 2.05) is 55.5 Å². The first-order valence-corrected chi connectivity index (χ1v) is 13.4. The predicted molar refractivity (Wildman–Crippen MR) is 150 cm³/mol. The molecule has 1 aromatic heterocycles. The monoisotopic (exact) mass is 537 g/mol. The average molecular weight is 538 g/mol. The Morgan fingerprint density at radius 1 is 1.05 bits per heavy atom. The highest BCUT2D eigenvalue weighted by molar-refractivity contribution is 6.20. The predicted octanol–water partition coefficient (Wildman–Crippen LogP) is 5.19. The SMILES string of the molecule is CCC1CCCn2nc(-c3ccccc3F)c(C(=O)N[C@H]3N=C(c4ccccc4)c4ccccc4NC3=O)c2O1. The van der Waals surface area contributed by atoms with Crippen molar-refractivity contribution in [2.24, 2.45) is 4.99 Å². The number of hydrogen-bond donors (Lipinski definition) is 2. The molecule has 40 heavy (non-hydrogen) atoms. The highest BCUT2D eigenvalue weighted by atomic mass is 19.1. The number of ether oxygens (including phenoxy) is 1. The summed E-state index contributed by atoms with van der Waals surface area (Å²) in [5.41, 5.74) is 3.10. The fourth-order valence-electron chi connectivity index (χ4n) is 5.11. The number of para-hydroxylation sites is 1. The second kappa shape index (κ2) is 10.8. The van der Waals surface area contributed by atoms with Crippen LogP contribution in [0.1, 0.15) is 47.7 Å². The van der Waals surface area contributed by atoms with Gasteiger partial charge in [0.05, 0.1) is 11.4 Å². The van der Waals surface area contributed by atoms with Crippen molar-refractivity contribution in [3.05, 3.63) is 101 Å². The van der Waals surface area contributed by atoms with Crippen LogP contribution in [0.5, 0.6) is 5.88 Å². The van der Waals surface area contributed by atoms with Crippen molar-refractivity contribution < 1.29 is 18.7 Å². The lowest BCUT2D eigenvalue weighted by Gasteiger charge is -2.17. The average Bonchev–Trinajstić information content (AvgIpc) is 3.10. The Balaban J connectivity index is 1.44. The van der Waals surface area contributed by atoms with Gasteiger partial charge in [0, 0.05) is 23.2 Å². The molecule has 2 amide bonds. The Bertz CT molecular complexity index is 1610. The first kappa shape index (κ1) is 25.5. The molecule has 0 bridgehead atoms. The van der Waals surface area contributed by atoms with Crippen LogP contribution in [0, 0.1) is 5.82 Å². The highest BCUT2D eigenvalue weighted by Crippen LogP contribution is 2.35. The van der Waals surface area contributed by atoms with Crippen molar-refractivity contribution in [3.8, 4) is 17.1 Å². The van der Waals surface area contributed by atoms with Gasteiger partial charge in [-0.3, -0.25) is 9.59 Å². The summed E-state index contributed by atoms with van der Waals surface area (Å²) >= 11 is 0. The van der Waals surface area contributed by atoms with E-state index in [2.05, 4.69) is 15.7 Å². The van der Waals surface area contributed by atoms with E-state index in [1.54, 1.807) is 28.9 Å². The van der Waals surface area contributed by atoms with Crippen LogP contribution in [-0.4, -0.2) is 39.6 Å². The molecule has 0 saturated heterocycles. The van der Waals surface area contributed by atoms with Gasteiger partial charge in [-0.2, -0.15) is 5.10 Å². The quantitative estimate of drug-likeness (QED) is 0.366. The fraction of sp³-hybridized carbons (Fsp3) is 0.226. The van der Waals surface area contributed by atoms with E-state index >= 15 is 0 Å². The maximum absolute atomic E-state index is 15.0. The number of carbonyl (C=O) groups is 2. The Labute approximate surface area is 230 Å². The largest absolute Gasteiger partial charge is 0.474 e. The molecule has 1 unspecified atom stereocenters. The van der Waals surface area contributed by atoms with Crippen molar-refractivity contribution in [1.29, 1.82) is 0 Å². The maximum Gasteiger partial charge on any atom is 0.269 e. The maximum atomic E-state index is 15.0. The van der Waals surface area contributed by atoms with Gasteiger partial charge in [-0.15, -0.1) is 0 Å². The molecule has 2 aliphatic heterocycles. The molecule has 0 radical (unpaired) electrons. The van der Waals surface area contributed by atoms with Gasteiger partial charge < -0.3 is 15.4 Å². The molecule has 0 saturated carbocycles. The van der Waals surface area contributed by atoms with Gasteiger partial charge >= 0.3 is 0 Å². The van der Waals surface area contributed by atoms with Crippen molar-refractivity contribution >= 4 is 23.2 Å². The van der Waals surface area contributed by atoms with E-state index in [1.165, 1.54) is 6.07 Å². The van der Waals surface area contributed by atoms with Crippen molar-refractivity contribution in [2.45, 2.75) is 45.0 Å². The van der Waals surface area contributed by atoms with Gasteiger partial charge in [0.1, 0.15) is 23.2 Å². The third-order valence-corrected chi connectivity index (χ3v) is 7.15. The van der Waals surface area contributed by atoms with E-state index in [0.717, 1.165) is 30.4 Å². The number of aryl methyl sites for hydroxylation is 1. The number of anilines is 1. The standard InChI is InChI=1S/C31H28FN5O3/c1-2-20-13-10-18-37-31(40-20)25(27(36-37)21-14-6-8-16-23(21)32)29(38)35-28-30(39)33-24-17-9-7-15-22(24)26(34-28)19-11-4-3-5-12-19/h3-9,11-12,14-17,20,28H,2,10,13,18H2,1H3,(H,33,39)(H,35,38)/t20?,28-/m1/s1. The van der Waals surface area contributed by atoms with Crippen LogP contribution in [0.2, 0.25) is 0 Å². The van der Waals surface area contributed by atoms with E-state index in [9.17, 15) is 14.0 Å². The summed E-state index contributed by atoms with van der Waals surface area (Å²) < 4.78 is 22.8. The van der Waals surface area contributed by atoms with Gasteiger partial charge in [0.2, 0.25) is 12.0 Å². The van der Waals surface area contributed by atoms with E-state index in [-0.39, 0.29) is 28.8 Å². The Morgan fingerprint density at radius 3 is 2.55 bits per heavy atom. The first-order valence-electron chi connectivity index (χ1n) is 13.4. The van der Waals surface area contributed by atoms with Crippen LogP contribution in [0.4, 0.5) is 10.1 Å². The van der Waals surface area contributed by atoms with Crippen LogP contribution in [-0.2, 0) is 11.3 Å². The molecule has 0 fully saturated rings. The number of aromatic nitrogens is 2. The summed E-state index contributed by atoms with van der Waals surface area (Å²) in [5, 5.41) is 10.3. The van der Waals surface area contributed by atoms with Gasteiger partial charge in [0.25, 0.3) is 11.8 Å². The lowest BCUT2D eigenvalue weighted by atomic mass is 10.0. The molecule has 2 atom stereocenters. The number of halogens is 1. The van der Waals surface area contributed by atoms with Crippen molar-refractivity contribution in [3.63, 3.8) is 0 Å². The summed E-state index contributed by atoms with van der Waals surface area (Å²) in [5.74, 6) is -1.36. The number of benzodiazepines with no additional fused rings is 1. The number of carbonyl (C=O) groups excluding carboxylic acids is 2. The summed E-state index contributed by atoms with van der Waals surface area (Å²) in [6.07, 6.45) is 0.987. The third-order valence-electron chi connectivity index (χ3n) is 7.15. The third kappa shape index (κ3) is 4.75. The summed E-state index contributed by atoms with van der Waals surface area (Å²) in [6.45, 7) is 2.54. The number of hydrogen-bond acceptors (Lipinski definition) is 5. The van der Waals surface area contributed by atoms with E-state index in [0.29, 0.717) is 17.9 Å². The summed E-state index contributed by atoms with van der Waals surface area (Å²) in [6, 6.07) is 23.0. The smallest absolute Gasteiger partial charge is 0.269 e. The van der Waals surface area contributed by atoms with Gasteiger partial charge in [-0.05, 0) is 37.5 Å². The fourth-order valence-corrected chi connectivity index (χ4v) is 5.11. The van der Waals surface area contributed by atoms with E-state index in [4.69, 9.17) is 9.73 Å². The minimum Gasteiger partial charge on any atom is -0.474 e. The number of nitrogens with one attached hydrogen (secondary N) is 2. The number of aliphatic imine (C=N–C) groups is 1. The van der Waals surface area contributed by atoms with Crippen LogP contribution in [0.25, 0.3) is 11.3 Å². The molecule has 3 heterocycles. The first-order chi connectivity index (χ1) is 19.5. The summed E-state index contributed by atoms with van der Waals surface area (Å²) in [4.78, 5) is 32.1. The molecular weight excluding hydrogens is 509 g/mol. The number of nitrogens with zero attached hydrogens (tertiary/aromatic N) is 3. The molecular formula is C31H28FN5O3. The summed E-state index contributed by atoms with van der Waals surface area (Å²) in [7, 11) is 0. The molecule has 2 aliphatic rings. The normalized spacial score (nSPS) is 18.2. The highest BCUT2D eigenvalue weighted by Gasteiger charge is 2.34. The molecule has 6 rings (SSSR count). The van der Waals surface area contributed by atoms with Crippen LogP contribution >= 0.6 is 0 Å². The van der Waals surface area contributed by atoms with Crippen molar-refractivity contribution in [1.82, 2.24) is 15.1 Å². The lowest BCUT2D eigenvalue weighted by molar-refractivity contribution is -0.117. The second-order valence-electron chi connectivity index (χ2n) is 9.78. The molecule has 0 aliphatic carbocycles. The van der Waals surface area contributed by atoms with Crippen LogP contribution in [0.3, 0.4) is 0 Å². The second-order valence-corrected chi connectivity index (χ2v) is 9.78. The topological polar surface area (TPSA) is 97.6 Å². The van der Waals surface area contributed by atoms with Crippen molar-refractivity contribution in [2.75, 3.05) is 5.32 Å². The number of fused-ring (bicyclic) bond motifs is 2. The zero-order valence-electron chi connectivity index (χ0n) is 21.9. The molecule has 0 spiro atoms. The lowest BCUT2D eigenvalue weighted by Crippen LogP contribution is -2.42. The zero-order valence-corrected chi connectivity index (χ0v) is 21.9. The number of amides is 2. The van der Waals surface area contributed by atoms with E-state index < -0.39 is 23.8 Å². The number of benzene rings is 3. The number of rotatable bonds is 5. The molecule has 8 nitrogen and oxygen atoms in total. The molecule has 4 aromatic rings. The molecule has 3 aromatic carbocycles. The van der Waals surface area contributed by atoms with Gasteiger partial charge in [-0.25, -0.2) is 14.1 Å². The molecule has 2 N–H and O–H groups in total. The molecule has 202 valence electrons. The Morgan fingerprint density at radius 2 is 1.77 bits per heavy atom. The molecule has 9 heteroatoms. The Kier molecular flexibility index (Phi) is 6.86. The van der Waals surface area contributed by atoms with Gasteiger partial charge in [0.15, 0.2) is 0 Å². The minimum absolute atomic E-state index is 0.0801.